The van der Waals surface area contributed by atoms with E-state index in [1.807, 2.05) is 24.9 Å². The van der Waals surface area contributed by atoms with E-state index in [0.29, 0.717) is 12.5 Å². The van der Waals surface area contributed by atoms with Gasteiger partial charge in [-0.2, -0.15) is 0 Å². The zero-order valence-electron chi connectivity index (χ0n) is 9.19. The highest BCUT2D eigenvalue weighted by molar-refractivity contribution is 5.74. The Balaban J connectivity index is 2.03. The number of carbonyl (C=O) groups excluding carboxylic acids is 1. The van der Waals surface area contributed by atoms with Gasteiger partial charge in [-0.25, -0.2) is 9.55 Å². The molecule has 0 saturated carbocycles. The Morgan fingerprint density at radius 1 is 1.67 bits per heavy atom. The molecule has 1 aromatic rings. The number of esters is 1. The third-order valence-electron chi connectivity index (χ3n) is 3.05. The predicted molar refractivity (Wildman–Crippen MR) is 53.9 cm³/mol. The first-order chi connectivity index (χ1) is 7.20. The molecule has 2 rings (SSSR count). The van der Waals surface area contributed by atoms with E-state index in [1.54, 1.807) is 0 Å². The fourth-order valence-electron chi connectivity index (χ4n) is 2.21. The molecular formula is C11H17N2O2+. The molecule has 0 amide bonds. The van der Waals surface area contributed by atoms with Gasteiger partial charge < -0.3 is 4.74 Å². The Hall–Kier alpha value is -1.32. The number of aromatic amines is 1. The molecule has 15 heavy (non-hydrogen) atoms. The minimum atomic E-state index is -0.0292. The molecule has 0 bridgehead atoms. The van der Waals surface area contributed by atoms with Crippen LogP contribution in [-0.4, -0.2) is 17.6 Å². The number of cyclic esters (lactones) is 1. The van der Waals surface area contributed by atoms with E-state index in [9.17, 15) is 4.79 Å². The summed E-state index contributed by atoms with van der Waals surface area (Å²) in [4.78, 5) is 14.6. The molecule has 4 heteroatoms. The molecule has 0 aliphatic carbocycles. The van der Waals surface area contributed by atoms with Gasteiger partial charge in [0.1, 0.15) is 11.9 Å². The van der Waals surface area contributed by atoms with Crippen molar-refractivity contribution in [2.45, 2.75) is 19.8 Å². The number of aromatic nitrogens is 2. The maximum absolute atomic E-state index is 11.4. The summed E-state index contributed by atoms with van der Waals surface area (Å²) < 4.78 is 7.07. The number of nitrogens with one attached hydrogen (secondary N) is 1. The zero-order chi connectivity index (χ0) is 10.8. The molecule has 0 spiro atoms. The summed E-state index contributed by atoms with van der Waals surface area (Å²) >= 11 is 0. The van der Waals surface area contributed by atoms with Crippen LogP contribution in [-0.2, 0) is 23.0 Å². The summed E-state index contributed by atoms with van der Waals surface area (Å²) in [6.07, 6.45) is 5.73. The van der Waals surface area contributed by atoms with Crippen LogP contribution in [0.1, 0.15) is 19.0 Å². The fourth-order valence-corrected chi connectivity index (χ4v) is 2.21. The maximum atomic E-state index is 11.4. The van der Waals surface area contributed by atoms with Crippen molar-refractivity contribution in [2.75, 3.05) is 6.61 Å². The fraction of sp³-hybridized carbons (Fsp3) is 0.636. The van der Waals surface area contributed by atoms with Crippen LogP contribution in [0.5, 0.6) is 0 Å². The molecular weight excluding hydrogens is 192 g/mol. The van der Waals surface area contributed by atoms with Crippen LogP contribution in [0.3, 0.4) is 0 Å². The summed E-state index contributed by atoms with van der Waals surface area (Å²) in [5.41, 5.74) is 1.17. The van der Waals surface area contributed by atoms with Gasteiger partial charge in [-0.05, 0) is 6.42 Å². The number of aryl methyl sites for hydroxylation is 1. The van der Waals surface area contributed by atoms with E-state index < -0.39 is 0 Å². The van der Waals surface area contributed by atoms with Crippen LogP contribution in [0, 0.1) is 11.8 Å². The predicted octanol–water partition coefficient (Wildman–Crippen LogP) is 0.581. The lowest BCUT2D eigenvalue weighted by molar-refractivity contribution is -0.670. The number of rotatable bonds is 3. The normalized spacial score (nSPS) is 25.6. The average Bonchev–Trinajstić information content (AvgIpc) is 2.75. The Morgan fingerprint density at radius 2 is 2.47 bits per heavy atom. The molecule has 1 N–H and O–H groups in total. The summed E-state index contributed by atoms with van der Waals surface area (Å²) in [6.45, 7) is 2.61. The number of imidazole rings is 1. The van der Waals surface area contributed by atoms with E-state index in [4.69, 9.17) is 4.74 Å². The Morgan fingerprint density at radius 3 is 3.07 bits per heavy atom. The van der Waals surface area contributed by atoms with Gasteiger partial charge in [0, 0.05) is 12.3 Å². The Bertz CT molecular complexity index is 359. The number of hydrogen-bond acceptors (Lipinski definition) is 2. The number of H-pyrrole nitrogens is 1. The number of hydrogen-bond donors (Lipinski definition) is 1. The van der Waals surface area contributed by atoms with Gasteiger partial charge in [0.2, 0.25) is 6.33 Å². The van der Waals surface area contributed by atoms with E-state index in [-0.39, 0.29) is 11.9 Å². The van der Waals surface area contributed by atoms with E-state index in [2.05, 4.69) is 11.2 Å². The molecule has 2 heterocycles. The van der Waals surface area contributed by atoms with Gasteiger partial charge in [-0.15, -0.1) is 0 Å². The zero-order valence-corrected chi connectivity index (χ0v) is 9.19. The highest BCUT2D eigenvalue weighted by Crippen LogP contribution is 2.27. The van der Waals surface area contributed by atoms with E-state index in [0.717, 1.165) is 12.8 Å². The molecule has 0 unspecified atom stereocenters. The molecule has 82 valence electrons. The molecule has 2 atom stereocenters. The minimum absolute atomic E-state index is 0.0292. The van der Waals surface area contributed by atoms with E-state index in [1.165, 1.54) is 5.69 Å². The first-order valence-corrected chi connectivity index (χ1v) is 5.40. The SMILES string of the molecule is CC[C@@H]1C(=O)OC[C@@H]1Cc1c[n+](C)c[nH]1. The second-order valence-electron chi connectivity index (χ2n) is 4.20. The van der Waals surface area contributed by atoms with Crippen LogP contribution in [0.15, 0.2) is 12.5 Å². The lowest BCUT2D eigenvalue weighted by atomic mass is 9.89. The van der Waals surface area contributed by atoms with Crippen molar-refractivity contribution >= 4 is 5.97 Å². The van der Waals surface area contributed by atoms with Gasteiger partial charge in [0.25, 0.3) is 0 Å². The van der Waals surface area contributed by atoms with Crippen LogP contribution in [0.4, 0.5) is 0 Å². The summed E-state index contributed by atoms with van der Waals surface area (Å²) in [5.74, 6) is 0.387. The lowest BCUT2D eigenvalue weighted by Gasteiger charge is -2.09. The van der Waals surface area contributed by atoms with Crippen molar-refractivity contribution in [3.8, 4) is 0 Å². The van der Waals surface area contributed by atoms with Crippen LogP contribution in [0.25, 0.3) is 0 Å². The van der Waals surface area contributed by atoms with Crippen molar-refractivity contribution in [3.63, 3.8) is 0 Å². The van der Waals surface area contributed by atoms with Crippen molar-refractivity contribution < 1.29 is 14.1 Å². The molecule has 1 aromatic heterocycles. The smallest absolute Gasteiger partial charge is 0.309 e. The Labute approximate surface area is 89.3 Å². The highest BCUT2D eigenvalue weighted by atomic mass is 16.5. The van der Waals surface area contributed by atoms with E-state index >= 15 is 0 Å². The standard InChI is InChI=1S/C11H16N2O2/c1-3-10-8(6-15-11(10)14)4-9-5-13(2)7-12-9/h5,7-8,10H,3-4,6H2,1-2H3/p+1/t8-,10-/m0/s1. The monoisotopic (exact) mass is 209 g/mol. The lowest BCUT2D eigenvalue weighted by Crippen LogP contribution is -2.23. The van der Waals surface area contributed by atoms with Crippen molar-refractivity contribution in [3.05, 3.63) is 18.2 Å². The van der Waals surface area contributed by atoms with Gasteiger partial charge >= 0.3 is 5.97 Å². The molecule has 1 aliphatic rings. The van der Waals surface area contributed by atoms with Crippen LogP contribution >= 0.6 is 0 Å². The molecule has 4 nitrogen and oxygen atoms in total. The highest BCUT2D eigenvalue weighted by Gasteiger charge is 2.36. The van der Waals surface area contributed by atoms with Crippen LogP contribution < -0.4 is 4.57 Å². The molecule has 1 saturated heterocycles. The first kappa shape index (κ1) is 10.2. The van der Waals surface area contributed by atoms with Crippen molar-refractivity contribution in [1.82, 2.24) is 4.98 Å². The van der Waals surface area contributed by atoms with Gasteiger partial charge in [-0.3, -0.25) is 4.79 Å². The summed E-state index contributed by atoms with van der Waals surface area (Å²) in [5, 5.41) is 0. The third-order valence-corrected chi connectivity index (χ3v) is 3.05. The molecule has 0 aromatic carbocycles. The van der Waals surface area contributed by atoms with Gasteiger partial charge in [0.05, 0.1) is 19.6 Å². The van der Waals surface area contributed by atoms with Crippen molar-refractivity contribution in [1.29, 1.82) is 0 Å². The molecule has 1 aliphatic heterocycles. The average molecular weight is 209 g/mol. The maximum Gasteiger partial charge on any atom is 0.309 e. The number of nitrogens with zero attached hydrogens (tertiary/aromatic N) is 1. The number of ether oxygens (including phenoxy) is 1. The second kappa shape index (κ2) is 4.04. The largest absolute Gasteiger partial charge is 0.465 e. The third kappa shape index (κ3) is 2.03. The summed E-state index contributed by atoms with van der Waals surface area (Å²) in [7, 11) is 1.98. The van der Waals surface area contributed by atoms with Crippen molar-refractivity contribution in [2.24, 2.45) is 18.9 Å². The second-order valence-corrected chi connectivity index (χ2v) is 4.20. The van der Waals surface area contributed by atoms with Crippen LogP contribution in [0.2, 0.25) is 0 Å². The van der Waals surface area contributed by atoms with Gasteiger partial charge in [-0.1, -0.05) is 6.92 Å². The topological polar surface area (TPSA) is 46.0 Å². The summed E-state index contributed by atoms with van der Waals surface area (Å²) in [6, 6.07) is 0. The van der Waals surface area contributed by atoms with Gasteiger partial charge in [0.15, 0.2) is 0 Å². The Kier molecular flexibility index (Phi) is 2.75. The molecule has 0 radical (unpaired) electrons. The number of carbonyl (C=O) groups is 1. The molecule has 1 fully saturated rings. The quantitative estimate of drug-likeness (QED) is 0.584. The minimum Gasteiger partial charge on any atom is -0.465 e. The first-order valence-electron chi connectivity index (χ1n) is 5.40.